The van der Waals surface area contributed by atoms with E-state index in [4.69, 9.17) is 4.74 Å². The third-order valence-electron chi connectivity index (χ3n) is 6.71. The Kier molecular flexibility index (Phi) is 11.4. The maximum Gasteiger partial charge on any atom is 0.408 e. The number of alkyl carbamates (subject to hydrolysis) is 1. The summed E-state index contributed by atoms with van der Waals surface area (Å²) >= 11 is 0. The monoisotopic (exact) mass is 539 g/mol. The highest BCUT2D eigenvalue weighted by atomic mass is 16.6. The average Bonchev–Trinajstić information content (AvgIpc) is 2.86. The van der Waals surface area contributed by atoms with Crippen LogP contribution in [0.3, 0.4) is 0 Å². The van der Waals surface area contributed by atoms with Crippen LogP contribution in [0.25, 0.3) is 0 Å². The first kappa shape index (κ1) is 31.7. The summed E-state index contributed by atoms with van der Waals surface area (Å²) in [5.74, 6) is -1.18. The minimum atomic E-state index is -1.13. The van der Waals surface area contributed by atoms with Crippen molar-refractivity contribution in [2.45, 2.75) is 92.3 Å². The number of aromatic hydroxyl groups is 1. The topological polar surface area (TPSA) is 108 Å². The van der Waals surface area contributed by atoms with Crippen LogP contribution in [0, 0.1) is 19.8 Å². The van der Waals surface area contributed by atoms with Crippen LogP contribution in [0.2, 0.25) is 0 Å². The van der Waals surface area contributed by atoms with Crippen molar-refractivity contribution in [2.75, 3.05) is 11.9 Å². The molecule has 8 nitrogen and oxygen atoms in total. The zero-order chi connectivity index (χ0) is 29.3. The number of anilines is 1. The lowest BCUT2D eigenvalue weighted by Gasteiger charge is -2.36. The molecule has 3 amide bonds. The number of phenols is 1. The van der Waals surface area contributed by atoms with E-state index in [-0.39, 0.29) is 18.2 Å². The highest BCUT2D eigenvalue weighted by Gasteiger charge is 2.39. The fraction of sp³-hybridized carbons (Fsp3) is 0.516. The number of unbranched alkanes of at least 4 members (excludes halogenated alkanes) is 1. The molecule has 2 aromatic rings. The van der Waals surface area contributed by atoms with E-state index < -0.39 is 35.6 Å². The fourth-order valence-electron chi connectivity index (χ4n) is 4.36. The summed E-state index contributed by atoms with van der Waals surface area (Å²) in [6, 6.07) is 10.2. The molecular weight excluding hydrogens is 494 g/mol. The van der Waals surface area contributed by atoms with Crippen molar-refractivity contribution in [1.29, 1.82) is 0 Å². The fourth-order valence-corrected chi connectivity index (χ4v) is 4.36. The van der Waals surface area contributed by atoms with E-state index in [0.29, 0.717) is 24.1 Å². The molecule has 0 aliphatic heterocycles. The maximum atomic E-state index is 14.3. The normalized spacial score (nSPS) is 13.6. The summed E-state index contributed by atoms with van der Waals surface area (Å²) in [4.78, 5) is 42.5. The Bertz CT molecular complexity index is 1120. The van der Waals surface area contributed by atoms with Gasteiger partial charge in [0, 0.05) is 17.8 Å². The molecule has 0 saturated carbocycles. The number of ether oxygens (including phenoxy) is 1. The molecule has 8 heteroatoms. The van der Waals surface area contributed by atoms with E-state index in [1.807, 2.05) is 52.8 Å². The van der Waals surface area contributed by atoms with Crippen molar-refractivity contribution in [2.24, 2.45) is 5.92 Å². The van der Waals surface area contributed by atoms with Gasteiger partial charge in [-0.2, -0.15) is 0 Å². The molecule has 0 saturated heterocycles. The van der Waals surface area contributed by atoms with E-state index in [9.17, 15) is 19.5 Å². The molecule has 3 N–H and O–H groups in total. The number of rotatable bonds is 11. The van der Waals surface area contributed by atoms with Gasteiger partial charge in [0.25, 0.3) is 5.91 Å². The summed E-state index contributed by atoms with van der Waals surface area (Å²) in [5.41, 5.74) is 2.01. The second-order valence-electron chi connectivity index (χ2n) is 11.1. The first-order valence-electron chi connectivity index (χ1n) is 13.8. The van der Waals surface area contributed by atoms with E-state index in [1.165, 1.54) is 11.0 Å². The van der Waals surface area contributed by atoms with Crippen LogP contribution in [0.1, 0.15) is 83.5 Å². The third-order valence-corrected chi connectivity index (χ3v) is 6.71. The van der Waals surface area contributed by atoms with Crippen LogP contribution in [0.4, 0.5) is 10.5 Å². The molecule has 3 atom stereocenters. The molecule has 0 aliphatic rings. The van der Waals surface area contributed by atoms with Crippen molar-refractivity contribution in [3.05, 3.63) is 59.2 Å². The van der Waals surface area contributed by atoms with Crippen molar-refractivity contribution < 1.29 is 24.2 Å². The Balaban J connectivity index is 2.60. The predicted octanol–water partition coefficient (Wildman–Crippen LogP) is 6.26. The molecule has 0 bridgehead atoms. The summed E-state index contributed by atoms with van der Waals surface area (Å²) in [5, 5.41) is 16.6. The first-order valence-corrected chi connectivity index (χ1v) is 13.8. The lowest BCUT2D eigenvalue weighted by molar-refractivity contribution is -0.142. The number of nitrogens with zero attached hydrogens (tertiary/aromatic N) is 1. The van der Waals surface area contributed by atoms with E-state index in [1.54, 1.807) is 39.0 Å². The zero-order valence-corrected chi connectivity index (χ0v) is 24.6. The van der Waals surface area contributed by atoms with Crippen LogP contribution in [-0.4, -0.2) is 46.1 Å². The quantitative estimate of drug-likeness (QED) is 0.312. The number of nitrogens with one attached hydrogen (secondary N) is 2. The molecule has 0 heterocycles. The number of aryl methyl sites for hydroxylation is 2. The molecular formula is C31H45N3O5. The Labute approximate surface area is 233 Å². The number of benzene rings is 2. The van der Waals surface area contributed by atoms with Crippen molar-refractivity contribution in [3.8, 4) is 5.75 Å². The smallest absolute Gasteiger partial charge is 0.408 e. The third kappa shape index (κ3) is 8.73. The van der Waals surface area contributed by atoms with Gasteiger partial charge in [-0.25, -0.2) is 4.79 Å². The van der Waals surface area contributed by atoms with Gasteiger partial charge in [0.05, 0.1) is 0 Å². The molecule has 0 aromatic heterocycles. The summed E-state index contributed by atoms with van der Waals surface area (Å²) in [6.45, 7) is 15.2. The molecule has 2 aromatic carbocycles. The van der Waals surface area contributed by atoms with Crippen LogP contribution in [0.5, 0.6) is 5.75 Å². The molecule has 2 rings (SSSR count). The van der Waals surface area contributed by atoms with Gasteiger partial charge in [-0.05, 0) is 64.2 Å². The van der Waals surface area contributed by atoms with Gasteiger partial charge < -0.3 is 25.4 Å². The van der Waals surface area contributed by atoms with Crippen LogP contribution in [-0.2, 0) is 14.3 Å². The van der Waals surface area contributed by atoms with E-state index in [2.05, 4.69) is 10.6 Å². The van der Waals surface area contributed by atoms with Gasteiger partial charge >= 0.3 is 6.09 Å². The Morgan fingerprint density at radius 1 is 1.00 bits per heavy atom. The SMILES string of the molecule is CCCCN(C(=O)C(NC(=O)OC(C)(C)C)C(C)CC)C(C(=O)Nc1c(C)cccc1C)c1ccccc1O. The lowest BCUT2D eigenvalue weighted by atomic mass is 9.95. The maximum absolute atomic E-state index is 14.3. The number of hydrogen-bond donors (Lipinski definition) is 3. The van der Waals surface area contributed by atoms with Gasteiger partial charge in [0.2, 0.25) is 5.91 Å². The number of hydrogen-bond acceptors (Lipinski definition) is 5. The first-order chi connectivity index (χ1) is 18.3. The molecule has 0 radical (unpaired) electrons. The predicted molar refractivity (Wildman–Crippen MR) is 155 cm³/mol. The Morgan fingerprint density at radius 3 is 2.15 bits per heavy atom. The molecule has 0 fully saturated rings. The summed E-state index contributed by atoms with van der Waals surface area (Å²) in [7, 11) is 0. The highest BCUT2D eigenvalue weighted by Crippen LogP contribution is 2.32. The van der Waals surface area contributed by atoms with Crippen LogP contribution in [0.15, 0.2) is 42.5 Å². The van der Waals surface area contributed by atoms with Crippen LogP contribution < -0.4 is 10.6 Å². The summed E-state index contributed by atoms with van der Waals surface area (Å²) < 4.78 is 5.45. The number of carbonyl (C=O) groups is 3. The molecule has 0 aliphatic carbocycles. The standard InChI is InChI=1S/C31H45N3O5/c1-9-11-19-34(29(37)26(20(3)10-2)33-30(38)39-31(6,7)8)27(23-17-12-13-18-24(23)35)28(36)32-25-21(4)15-14-16-22(25)5/h12-18,20,26-27,35H,9-11,19H2,1-8H3,(H,32,36)(H,33,38). The van der Waals surface area contributed by atoms with Gasteiger partial charge in [0.1, 0.15) is 23.4 Å². The molecule has 0 spiro atoms. The van der Waals surface area contributed by atoms with Crippen molar-refractivity contribution in [1.82, 2.24) is 10.2 Å². The van der Waals surface area contributed by atoms with Gasteiger partial charge in [-0.15, -0.1) is 0 Å². The molecule has 3 unspecified atom stereocenters. The van der Waals surface area contributed by atoms with Gasteiger partial charge in [-0.1, -0.05) is 70.0 Å². The van der Waals surface area contributed by atoms with Gasteiger partial charge in [-0.3, -0.25) is 9.59 Å². The minimum Gasteiger partial charge on any atom is -0.508 e. The number of phenolic OH excluding ortho intramolecular Hbond substituents is 1. The van der Waals surface area contributed by atoms with E-state index >= 15 is 0 Å². The van der Waals surface area contributed by atoms with Crippen LogP contribution >= 0.6 is 0 Å². The summed E-state index contributed by atoms with van der Waals surface area (Å²) in [6.07, 6.45) is 1.33. The lowest BCUT2D eigenvalue weighted by Crippen LogP contribution is -2.55. The Morgan fingerprint density at radius 2 is 1.62 bits per heavy atom. The number of carbonyl (C=O) groups excluding carboxylic acids is 3. The second-order valence-corrected chi connectivity index (χ2v) is 11.1. The second kappa shape index (κ2) is 14.0. The van der Waals surface area contributed by atoms with E-state index in [0.717, 1.165) is 17.5 Å². The molecule has 214 valence electrons. The zero-order valence-electron chi connectivity index (χ0n) is 24.6. The highest BCUT2D eigenvalue weighted by molar-refractivity contribution is 6.00. The number of para-hydroxylation sites is 2. The minimum absolute atomic E-state index is 0.0892. The van der Waals surface area contributed by atoms with Crippen molar-refractivity contribution >= 4 is 23.6 Å². The Hall–Kier alpha value is -3.55. The largest absolute Gasteiger partial charge is 0.508 e. The number of amides is 3. The molecule has 39 heavy (non-hydrogen) atoms. The average molecular weight is 540 g/mol. The van der Waals surface area contributed by atoms with Crippen molar-refractivity contribution in [3.63, 3.8) is 0 Å². The van der Waals surface area contributed by atoms with Gasteiger partial charge in [0.15, 0.2) is 0 Å².